The molecule has 116 valence electrons. The maximum Gasteiger partial charge on any atom is 0.243 e. The lowest BCUT2D eigenvalue weighted by Gasteiger charge is -2.19. The van der Waals surface area contributed by atoms with Crippen molar-refractivity contribution in [2.24, 2.45) is 0 Å². The normalized spacial score (nSPS) is 11.5. The quantitative estimate of drug-likeness (QED) is 0.816. The molecular formula is C15H17N3O3S. The zero-order valence-electron chi connectivity index (χ0n) is 12.5. The molecule has 0 fully saturated rings. The summed E-state index contributed by atoms with van der Waals surface area (Å²) in [7, 11) is -3.58. The molecule has 0 amide bonds. The topological polar surface area (TPSA) is 87.2 Å². The van der Waals surface area contributed by atoms with Crippen LogP contribution in [-0.2, 0) is 10.0 Å². The predicted octanol–water partition coefficient (Wildman–Crippen LogP) is 2.57. The molecule has 0 N–H and O–H groups in total. The summed E-state index contributed by atoms with van der Waals surface area (Å²) >= 11 is 0. The van der Waals surface area contributed by atoms with Gasteiger partial charge in [0.2, 0.25) is 10.0 Å². The lowest BCUT2D eigenvalue weighted by atomic mass is 10.2. The SMILES string of the molecule is CCN(CCC#N)S(=O)(=O)c1ccc(-c2coc(C)n2)cc1. The van der Waals surface area contributed by atoms with E-state index in [9.17, 15) is 8.42 Å². The maximum absolute atomic E-state index is 12.5. The van der Waals surface area contributed by atoms with E-state index in [1.807, 2.05) is 6.07 Å². The van der Waals surface area contributed by atoms with E-state index >= 15 is 0 Å². The minimum absolute atomic E-state index is 0.170. The molecule has 2 rings (SSSR count). The van der Waals surface area contributed by atoms with Crippen LogP contribution in [0.1, 0.15) is 19.2 Å². The summed E-state index contributed by atoms with van der Waals surface area (Å²) in [6.45, 7) is 4.02. The highest BCUT2D eigenvalue weighted by molar-refractivity contribution is 7.89. The third-order valence-corrected chi connectivity index (χ3v) is 5.22. The average Bonchev–Trinajstić information content (AvgIpc) is 2.94. The van der Waals surface area contributed by atoms with Gasteiger partial charge in [-0.25, -0.2) is 13.4 Å². The largest absolute Gasteiger partial charge is 0.449 e. The van der Waals surface area contributed by atoms with Gasteiger partial charge in [0.1, 0.15) is 12.0 Å². The monoisotopic (exact) mass is 319 g/mol. The number of nitrogens with zero attached hydrogens (tertiary/aromatic N) is 3. The number of hydrogen-bond acceptors (Lipinski definition) is 5. The van der Waals surface area contributed by atoms with Gasteiger partial charge in [0.25, 0.3) is 0 Å². The van der Waals surface area contributed by atoms with Gasteiger partial charge in [-0.15, -0.1) is 0 Å². The lowest BCUT2D eigenvalue weighted by molar-refractivity contribution is 0.435. The van der Waals surface area contributed by atoms with Crippen molar-refractivity contribution in [3.05, 3.63) is 36.4 Å². The van der Waals surface area contributed by atoms with Gasteiger partial charge in [-0.2, -0.15) is 9.57 Å². The molecule has 1 aromatic carbocycles. The number of aryl methyl sites for hydroxylation is 1. The molecule has 0 bridgehead atoms. The highest BCUT2D eigenvalue weighted by Crippen LogP contribution is 2.22. The number of oxazole rings is 1. The van der Waals surface area contributed by atoms with Gasteiger partial charge in [-0.1, -0.05) is 19.1 Å². The Labute approximate surface area is 130 Å². The van der Waals surface area contributed by atoms with Crippen LogP contribution in [0.25, 0.3) is 11.3 Å². The van der Waals surface area contributed by atoms with Gasteiger partial charge in [0.05, 0.1) is 11.0 Å². The molecule has 6 nitrogen and oxygen atoms in total. The average molecular weight is 319 g/mol. The van der Waals surface area contributed by atoms with Gasteiger partial charge in [-0.3, -0.25) is 0 Å². The van der Waals surface area contributed by atoms with Crippen molar-refractivity contribution in [2.75, 3.05) is 13.1 Å². The van der Waals surface area contributed by atoms with E-state index in [2.05, 4.69) is 4.98 Å². The van der Waals surface area contributed by atoms with E-state index in [1.54, 1.807) is 38.1 Å². The Morgan fingerprint density at radius 3 is 2.50 bits per heavy atom. The molecule has 2 aromatic rings. The number of aromatic nitrogens is 1. The van der Waals surface area contributed by atoms with Crippen molar-refractivity contribution in [3.8, 4) is 17.3 Å². The summed E-state index contributed by atoms with van der Waals surface area (Å²) in [5.41, 5.74) is 1.45. The minimum atomic E-state index is -3.58. The second-order valence-corrected chi connectivity index (χ2v) is 6.62. The summed E-state index contributed by atoms with van der Waals surface area (Å²) in [6, 6.07) is 8.45. The fourth-order valence-corrected chi connectivity index (χ4v) is 3.52. The highest BCUT2D eigenvalue weighted by atomic mass is 32.2. The molecule has 1 heterocycles. The fourth-order valence-electron chi connectivity index (χ4n) is 2.07. The first-order valence-electron chi connectivity index (χ1n) is 6.88. The van der Waals surface area contributed by atoms with Crippen LogP contribution in [0.3, 0.4) is 0 Å². The number of nitriles is 1. The summed E-state index contributed by atoms with van der Waals surface area (Å²) in [5, 5.41) is 8.62. The maximum atomic E-state index is 12.5. The van der Waals surface area contributed by atoms with E-state index < -0.39 is 10.0 Å². The first-order valence-corrected chi connectivity index (χ1v) is 8.32. The molecule has 0 radical (unpaired) electrons. The Bertz CT molecular complexity index is 773. The van der Waals surface area contributed by atoms with Crippen molar-refractivity contribution in [2.45, 2.75) is 25.2 Å². The number of hydrogen-bond donors (Lipinski definition) is 0. The number of rotatable bonds is 6. The molecule has 0 spiro atoms. The predicted molar refractivity (Wildman–Crippen MR) is 81.3 cm³/mol. The first kappa shape index (κ1) is 16.2. The Balaban J connectivity index is 2.27. The molecular weight excluding hydrogens is 302 g/mol. The van der Waals surface area contributed by atoms with Gasteiger partial charge in [-0.05, 0) is 12.1 Å². The Morgan fingerprint density at radius 2 is 2.00 bits per heavy atom. The van der Waals surface area contributed by atoms with Gasteiger partial charge < -0.3 is 4.42 Å². The molecule has 0 aliphatic rings. The molecule has 22 heavy (non-hydrogen) atoms. The molecule has 0 aliphatic heterocycles. The Hall–Kier alpha value is -2.17. The van der Waals surface area contributed by atoms with E-state index in [0.717, 1.165) is 5.56 Å². The Kier molecular flexibility index (Phi) is 4.96. The molecule has 0 saturated heterocycles. The van der Waals surface area contributed by atoms with Crippen molar-refractivity contribution in [1.29, 1.82) is 5.26 Å². The minimum Gasteiger partial charge on any atom is -0.449 e. The van der Waals surface area contributed by atoms with Crippen LogP contribution >= 0.6 is 0 Å². The summed E-state index contributed by atoms with van der Waals surface area (Å²) in [5.74, 6) is 0.556. The van der Waals surface area contributed by atoms with Crippen LogP contribution < -0.4 is 0 Å². The molecule has 0 aliphatic carbocycles. The summed E-state index contributed by atoms with van der Waals surface area (Å²) < 4.78 is 31.5. The second-order valence-electron chi connectivity index (χ2n) is 4.68. The molecule has 1 aromatic heterocycles. The fraction of sp³-hybridized carbons (Fsp3) is 0.333. The van der Waals surface area contributed by atoms with Crippen LogP contribution in [0.15, 0.2) is 39.8 Å². The van der Waals surface area contributed by atoms with Gasteiger partial charge in [0, 0.05) is 32.0 Å². The smallest absolute Gasteiger partial charge is 0.243 e. The van der Waals surface area contributed by atoms with Crippen LogP contribution in [-0.4, -0.2) is 30.8 Å². The van der Waals surface area contributed by atoms with E-state index in [0.29, 0.717) is 18.1 Å². The zero-order valence-corrected chi connectivity index (χ0v) is 13.3. The van der Waals surface area contributed by atoms with E-state index in [4.69, 9.17) is 9.68 Å². The number of sulfonamides is 1. The first-order chi connectivity index (χ1) is 10.5. The molecule has 0 unspecified atom stereocenters. The summed E-state index contributed by atoms with van der Waals surface area (Å²) in [6.07, 6.45) is 1.70. The van der Waals surface area contributed by atoms with Crippen LogP contribution in [0, 0.1) is 18.3 Å². The van der Waals surface area contributed by atoms with E-state index in [1.165, 1.54) is 10.6 Å². The van der Waals surface area contributed by atoms with Gasteiger partial charge in [0.15, 0.2) is 5.89 Å². The summed E-state index contributed by atoms with van der Waals surface area (Å²) in [4.78, 5) is 4.41. The zero-order chi connectivity index (χ0) is 16.2. The lowest BCUT2D eigenvalue weighted by Crippen LogP contribution is -2.31. The van der Waals surface area contributed by atoms with Crippen LogP contribution in [0.2, 0.25) is 0 Å². The van der Waals surface area contributed by atoms with Crippen LogP contribution in [0.4, 0.5) is 0 Å². The second kappa shape index (κ2) is 6.73. The Morgan fingerprint density at radius 1 is 1.32 bits per heavy atom. The molecule has 7 heteroatoms. The van der Waals surface area contributed by atoms with Crippen molar-refractivity contribution >= 4 is 10.0 Å². The van der Waals surface area contributed by atoms with Crippen molar-refractivity contribution < 1.29 is 12.8 Å². The standard InChI is InChI=1S/C15H17N3O3S/c1-3-18(10-4-9-16)22(19,20)14-7-5-13(6-8-14)15-11-21-12(2)17-15/h5-8,11H,3-4,10H2,1-2H3. The van der Waals surface area contributed by atoms with E-state index in [-0.39, 0.29) is 17.9 Å². The van der Waals surface area contributed by atoms with Crippen LogP contribution in [0.5, 0.6) is 0 Å². The number of benzene rings is 1. The highest BCUT2D eigenvalue weighted by Gasteiger charge is 2.22. The molecule has 0 saturated carbocycles. The van der Waals surface area contributed by atoms with Gasteiger partial charge >= 0.3 is 0 Å². The third kappa shape index (κ3) is 3.35. The third-order valence-electron chi connectivity index (χ3n) is 3.23. The van der Waals surface area contributed by atoms with Crippen molar-refractivity contribution in [1.82, 2.24) is 9.29 Å². The van der Waals surface area contributed by atoms with Crippen molar-refractivity contribution in [3.63, 3.8) is 0 Å². The molecule has 0 atom stereocenters.